The second-order valence-corrected chi connectivity index (χ2v) is 23.0. The highest BCUT2D eigenvalue weighted by atomic mass is 32.1. The molecule has 6 aromatic carbocycles. The first-order valence-electron chi connectivity index (χ1n) is 31.4. The summed E-state index contributed by atoms with van der Waals surface area (Å²) in [5.41, 5.74) is 27.0. The average Bonchev–Trinajstić information content (AvgIpc) is 1.81. The number of carbonyl (C=O) groups excluding carboxylic acids is 4. The molecule has 0 radical (unpaired) electrons. The molecule has 518 valence electrons. The van der Waals surface area contributed by atoms with Gasteiger partial charge in [0, 0.05) is 65.6 Å². The fourth-order valence-electron chi connectivity index (χ4n) is 10.2. The largest absolute Gasteiger partial charge is 0.495 e. The number of aryl methyl sites for hydroxylation is 1. The normalized spacial score (nSPS) is 11.4. The molecule has 26 heteroatoms. The van der Waals surface area contributed by atoms with Crippen LogP contribution in [0.15, 0.2) is 225 Å². The number of para-hydroxylation sites is 6. The SMILES string of the molecule is COc1ccccc1NC(=O)c1nc(-c2ccc3[nH]ncc3c2)cnc1N.COc1ccccc1NC(=O)c1nc(-c2cccs2)cnc1N.Cc1ncc(-c2ccc(N3CCCCC3)nc2)nc1C(=O)Nc1ccccc1.Nc1ncc(-c2ccccc2)nc1C(=O)Nc1ccccc1.[HH].[HH].[HH].[HH].[HH].[HH].[HH].[HH].[HH]. The predicted octanol–water partition coefficient (Wildman–Crippen LogP) is 15.2. The number of thiophene rings is 1. The van der Waals surface area contributed by atoms with Crippen molar-refractivity contribution in [1.29, 1.82) is 0 Å². The fraction of sp³-hybridized carbons (Fsp3) is 0.108. The van der Waals surface area contributed by atoms with E-state index in [2.05, 4.69) is 81.2 Å². The number of H-pyrrole nitrogens is 1. The predicted molar refractivity (Wildman–Crippen MR) is 409 cm³/mol. The molecule has 1 fully saturated rings. The Hall–Kier alpha value is -13.4. The second-order valence-electron chi connectivity index (χ2n) is 22.1. The van der Waals surface area contributed by atoms with Crippen LogP contribution in [0.2, 0.25) is 0 Å². The van der Waals surface area contributed by atoms with E-state index in [0.717, 1.165) is 57.1 Å². The van der Waals surface area contributed by atoms with Crippen molar-refractivity contribution in [2.45, 2.75) is 26.2 Å². The van der Waals surface area contributed by atoms with E-state index < -0.39 is 11.8 Å². The number of amides is 4. The van der Waals surface area contributed by atoms with Gasteiger partial charge in [0.2, 0.25) is 0 Å². The second kappa shape index (κ2) is 32.9. The van der Waals surface area contributed by atoms with E-state index in [1.165, 1.54) is 51.0 Å². The molecule has 1 saturated heterocycles. The lowest BCUT2D eigenvalue weighted by Crippen LogP contribution is -2.29. The van der Waals surface area contributed by atoms with E-state index in [-0.39, 0.29) is 59.2 Å². The van der Waals surface area contributed by atoms with Crippen LogP contribution in [0.25, 0.3) is 55.2 Å². The molecule has 14 rings (SSSR count). The lowest BCUT2D eigenvalue weighted by Gasteiger charge is -2.27. The van der Waals surface area contributed by atoms with Gasteiger partial charge in [-0.25, -0.2) is 39.9 Å². The lowest BCUT2D eigenvalue weighted by atomic mass is 10.1. The molecule has 0 aliphatic carbocycles. The number of nitrogens with one attached hydrogen (secondary N) is 5. The molecule has 0 spiro atoms. The Bertz CT molecular complexity index is 5000. The maximum absolute atomic E-state index is 12.7. The first-order chi connectivity index (χ1) is 48.8. The number of nitrogens with two attached hydrogens (primary N) is 3. The maximum atomic E-state index is 12.7. The molecular formula is C74H85N19O6S. The number of aromatic amines is 1. The minimum absolute atomic E-state index is 0. The Morgan fingerprint density at radius 3 is 1.47 bits per heavy atom. The molecule has 0 bridgehead atoms. The number of hydrogen-bond acceptors (Lipinski definition) is 21. The first-order valence-corrected chi connectivity index (χ1v) is 32.2. The van der Waals surface area contributed by atoms with E-state index in [1.807, 2.05) is 145 Å². The number of ether oxygens (including phenoxy) is 2. The smallest absolute Gasteiger partial charge is 0.278 e. The number of carbonyl (C=O) groups is 4. The van der Waals surface area contributed by atoms with E-state index in [4.69, 9.17) is 26.7 Å². The Kier molecular flexibility index (Phi) is 22.4. The van der Waals surface area contributed by atoms with Gasteiger partial charge < -0.3 is 52.8 Å². The van der Waals surface area contributed by atoms with Crippen LogP contribution in [0.1, 0.15) is 79.7 Å². The van der Waals surface area contributed by atoms with Gasteiger partial charge in [-0.05, 0) is 110 Å². The van der Waals surface area contributed by atoms with E-state index >= 15 is 0 Å². The molecule has 11 N–H and O–H groups in total. The summed E-state index contributed by atoms with van der Waals surface area (Å²) in [5, 5.41) is 20.9. The zero-order valence-corrected chi connectivity index (χ0v) is 55.2. The van der Waals surface area contributed by atoms with Crippen LogP contribution in [0.3, 0.4) is 0 Å². The molecule has 1 aliphatic rings. The third kappa shape index (κ3) is 17.4. The first kappa shape index (κ1) is 68.0. The van der Waals surface area contributed by atoms with Gasteiger partial charge >= 0.3 is 0 Å². The highest BCUT2D eigenvalue weighted by Gasteiger charge is 2.21. The molecular weight excluding hydrogens is 1280 g/mol. The van der Waals surface area contributed by atoms with Crippen molar-refractivity contribution in [2.24, 2.45) is 0 Å². The van der Waals surface area contributed by atoms with Gasteiger partial charge in [0.1, 0.15) is 23.0 Å². The molecule has 7 aromatic heterocycles. The minimum Gasteiger partial charge on any atom is -0.495 e. The number of fused-ring (bicyclic) bond motifs is 1. The van der Waals surface area contributed by atoms with Crippen molar-refractivity contribution in [3.8, 4) is 55.8 Å². The van der Waals surface area contributed by atoms with Gasteiger partial charge in [-0.15, -0.1) is 11.3 Å². The topological polar surface area (TPSA) is 361 Å². The zero-order chi connectivity index (χ0) is 69.7. The van der Waals surface area contributed by atoms with Gasteiger partial charge in [0.15, 0.2) is 34.5 Å². The number of nitrogen functional groups attached to an aromatic ring is 3. The molecule has 4 amide bonds. The molecule has 1 aliphatic heterocycles. The van der Waals surface area contributed by atoms with Gasteiger partial charge in [-0.2, -0.15) is 5.10 Å². The quantitative estimate of drug-likeness (QED) is 0.0472. The van der Waals surface area contributed by atoms with Crippen molar-refractivity contribution < 1.29 is 41.5 Å². The Labute approximate surface area is 591 Å². The van der Waals surface area contributed by atoms with Crippen LogP contribution in [-0.4, -0.2) is 106 Å². The molecule has 25 nitrogen and oxygen atoms in total. The Balaban J connectivity index is 0.000000482. The monoisotopic (exact) mass is 1370 g/mol. The number of piperidine rings is 1. The number of anilines is 8. The Morgan fingerprint density at radius 1 is 0.460 bits per heavy atom. The number of nitrogens with zero attached hydrogens (tertiary/aromatic N) is 11. The minimum atomic E-state index is -0.462. The van der Waals surface area contributed by atoms with E-state index in [1.54, 1.807) is 80.2 Å². The van der Waals surface area contributed by atoms with E-state index in [0.29, 0.717) is 62.7 Å². The van der Waals surface area contributed by atoms with Crippen molar-refractivity contribution in [2.75, 3.05) is 70.7 Å². The summed E-state index contributed by atoms with van der Waals surface area (Å²) in [7, 11) is 3.07. The number of pyridine rings is 1. The van der Waals surface area contributed by atoms with E-state index in [9.17, 15) is 19.2 Å². The molecule has 0 atom stereocenters. The highest BCUT2D eigenvalue weighted by Crippen LogP contribution is 2.30. The maximum Gasteiger partial charge on any atom is 0.278 e. The molecule has 0 unspecified atom stereocenters. The summed E-state index contributed by atoms with van der Waals surface area (Å²) in [4.78, 5) is 92.3. The van der Waals surface area contributed by atoms with Gasteiger partial charge in [0.05, 0.1) is 95.4 Å². The third-order valence-electron chi connectivity index (χ3n) is 15.3. The molecule has 100 heavy (non-hydrogen) atoms. The van der Waals surface area contributed by atoms with Crippen LogP contribution in [0.4, 0.5) is 46.0 Å². The summed E-state index contributed by atoms with van der Waals surface area (Å²) in [6.07, 6.45) is 13.6. The van der Waals surface area contributed by atoms with Crippen LogP contribution in [0.5, 0.6) is 11.5 Å². The fourth-order valence-corrected chi connectivity index (χ4v) is 10.8. The third-order valence-corrected chi connectivity index (χ3v) is 16.2. The van der Waals surface area contributed by atoms with Crippen LogP contribution < -0.4 is 52.8 Å². The highest BCUT2D eigenvalue weighted by molar-refractivity contribution is 7.13. The van der Waals surface area contributed by atoms with Gasteiger partial charge in [-0.1, -0.05) is 103 Å². The summed E-state index contributed by atoms with van der Waals surface area (Å²) < 4.78 is 10.5. The molecule has 13 aromatic rings. The summed E-state index contributed by atoms with van der Waals surface area (Å²) in [6, 6.07) is 55.7. The zero-order valence-electron chi connectivity index (χ0n) is 54.4. The van der Waals surface area contributed by atoms with Crippen LogP contribution >= 0.6 is 11.3 Å². The van der Waals surface area contributed by atoms with Crippen molar-refractivity contribution in [3.05, 3.63) is 253 Å². The summed E-state index contributed by atoms with van der Waals surface area (Å²) >= 11 is 1.52. The number of rotatable bonds is 15. The average molecular weight is 1370 g/mol. The standard InChI is InChI=1S/C22H23N5O.C19H16N6O2.C17H14N4O.C16H14N4O2S.9H2/c1-16-21(22(28)25-18-8-4-2-5-9-18)26-19(15-23-16)17-10-11-20(24-14-17)27-12-6-3-7-13-27;1-27-16-5-3-2-4-14(16)24-19(26)17-18(20)21-10-15(23-17)11-6-7-13-12(8-11)9-22-25-13;18-16-15(17(22)20-13-9-5-2-6-10-13)21-14(11-19-16)12-7-3-1-4-8-12;1-22-12-6-3-2-5-10(12)20-16(21)14-15(17)18-9-11(19-14)13-7-4-8-23-13;;;;;;;;;/h2,4-5,8-11,14-15H,3,6-7,12-13H2,1H3,(H,25,28);2-10H,1H3,(H2,20,21)(H,22,25)(H,24,26);1-11H,(H2,18,19)(H,20,22);2-9H,1H3,(H2,17,18)(H,20,21);9*1H. The number of methoxy groups -OCH3 is 2. The number of benzene rings is 6. The van der Waals surface area contributed by atoms with Crippen LogP contribution in [-0.2, 0) is 0 Å². The number of hydrogen-bond donors (Lipinski definition) is 8. The Morgan fingerprint density at radius 2 is 0.930 bits per heavy atom. The van der Waals surface area contributed by atoms with Crippen molar-refractivity contribution in [1.82, 2.24) is 55.1 Å². The molecule has 0 saturated carbocycles. The number of aromatic nitrogens is 11. The van der Waals surface area contributed by atoms with Gasteiger partial charge in [-0.3, -0.25) is 29.3 Å². The molecule has 8 heterocycles. The van der Waals surface area contributed by atoms with Crippen molar-refractivity contribution >= 4 is 91.9 Å². The van der Waals surface area contributed by atoms with Gasteiger partial charge in [0.25, 0.3) is 23.6 Å². The summed E-state index contributed by atoms with van der Waals surface area (Å²) in [6.45, 7) is 3.90. The van der Waals surface area contributed by atoms with Crippen molar-refractivity contribution in [3.63, 3.8) is 0 Å². The van der Waals surface area contributed by atoms with Crippen LogP contribution in [0, 0.1) is 6.92 Å². The lowest BCUT2D eigenvalue weighted by molar-refractivity contribution is 0.101. The summed E-state index contributed by atoms with van der Waals surface area (Å²) in [5.74, 6) is 0.784.